The van der Waals surface area contributed by atoms with Gasteiger partial charge in [0.25, 0.3) is 0 Å². The van der Waals surface area contributed by atoms with Gasteiger partial charge in [-0.1, -0.05) is 226 Å². The van der Waals surface area contributed by atoms with E-state index in [1.807, 2.05) is 319 Å². The third-order valence-corrected chi connectivity index (χ3v) is 17.0. The molecule has 0 bridgehead atoms. The first-order valence-corrected chi connectivity index (χ1v) is 42.7. The van der Waals surface area contributed by atoms with Crippen LogP contribution in [0.2, 0.25) is 0 Å². The van der Waals surface area contributed by atoms with Gasteiger partial charge in [-0.15, -0.1) is 47.5 Å². The second kappa shape index (κ2) is 67.5. The number of aliphatic hydroxyl groups excluding tert-OH is 1. The van der Waals surface area contributed by atoms with Crippen molar-refractivity contribution in [3.63, 3.8) is 0 Å². The zero-order chi connectivity index (χ0) is 93.4. The van der Waals surface area contributed by atoms with Gasteiger partial charge in [0, 0.05) is 62.5 Å². The van der Waals surface area contributed by atoms with Gasteiger partial charge >= 0.3 is 0 Å². The van der Waals surface area contributed by atoms with Gasteiger partial charge in [0.1, 0.15) is 45.7 Å². The van der Waals surface area contributed by atoms with E-state index in [0.29, 0.717) is 17.9 Å². The fourth-order valence-electron chi connectivity index (χ4n) is 10.3. The normalized spacial score (nSPS) is 9.22. The average Bonchev–Trinajstić information content (AvgIpc) is 1.35. The van der Waals surface area contributed by atoms with Crippen LogP contribution in [0.25, 0.3) is 55.7 Å². The van der Waals surface area contributed by atoms with Crippen LogP contribution in [-0.2, 0) is 52.9 Å². The SMILES string of the molecule is CC.CC.CC.CC.CC.CC.CC.CC.CC#CC.CCn1nnc(-c2cccc(C)c2)c1C.CCn1nnc(-c2cccc(OC)c2)c1C.CCn1nnc(-c2cccc(OC)c2)c1C.CCn1nnc(-c2cncn2C)c1C.CCn1nnc(CO)c1C.COc1cccc(-n2nnc(C)c2C)c1.[C-]#[N+]c1ccc(Cn2nnc(C)c2C)cc1. The fourth-order valence-corrected chi connectivity index (χ4v) is 10.3. The highest BCUT2D eigenvalue weighted by molar-refractivity contribution is 5.65. The van der Waals surface area contributed by atoms with Crippen LogP contribution in [0, 0.1) is 87.7 Å². The molecule has 1 N–H and O–H groups in total. The summed E-state index contributed by atoms with van der Waals surface area (Å²) in [5, 5.41) is 65.5. The number of hydrogen-bond donors (Lipinski definition) is 1. The van der Waals surface area contributed by atoms with Crippen LogP contribution in [0.4, 0.5) is 5.69 Å². The van der Waals surface area contributed by atoms with Crippen LogP contribution in [0.5, 0.6) is 17.2 Å². The maximum absolute atomic E-state index is 8.71. The lowest BCUT2D eigenvalue weighted by molar-refractivity contribution is 0.276. The van der Waals surface area contributed by atoms with Gasteiger partial charge in [-0.3, -0.25) is 0 Å². The highest BCUT2D eigenvalue weighted by atomic mass is 16.5. The summed E-state index contributed by atoms with van der Waals surface area (Å²) in [6.07, 6.45) is 3.57. The highest BCUT2D eigenvalue weighted by Gasteiger charge is 2.16. The Hall–Kier alpha value is -12.3. The summed E-state index contributed by atoms with van der Waals surface area (Å²) in [5.41, 5.74) is 22.0. The Morgan fingerprint density at radius 3 is 1.06 bits per heavy atom. The molecular formula is C94H148N24O4. The molecule has 0 aliphatic carbocycles. The molecule has 28 nitrogen and oxygen atoms in total. The second-order valence-electron chi connectivity index (χ2n) is 23.7. The number of aliphatic hydroxyl groups is 1. The van der Waals surface area contributed by atoms with Crippen molar-refractivity contribution in [2.75, 3.05) is 21.3 Å². The van der Waals surface area contributed by atoms with Crippen molar-refractivity contribution in [1.29, 1.82) is 0 Å². The fraction of sp³-hybridized carbons (Fsp3) is 0.468. The Morgan fingerprint density at radius 1 is 0.385 bits per heavy atom. The molecule has 0 aliphatic heterocycles. The predicted molar refractivity (Wildman–Crippen MR) is 503 cm³/mol. The van der Waals surface area contributed by atoms with Crippen LogP contribution in [0.1, 0.15) is 227 Å². The molecule has 0 atom stereocenters. The number of rotatable bonds is 16. The van der Waals surface area contributed by atoms with Crippen molar-refractivity contribution in [3.8, 4) is 79.9 Å². The number of aryl methyl sites for hydroxylation is 9. The first-order chi connectivity index (χ1) is 59.1. The number of methoxy groups -OCH3 is 3. The van der Waals surface area contributed by atoms with Gasteiger partial charge in [-0.05, 0) is 166 Å². The molecule has 0 fully saturated rings. The van der Waals surface area contributed by atoms with Crippen molar-refractivity contribution < 1.29 is 19.3 Å². The first-order valence-electron chi connectivity index (χ1n) is 42.7. The molecule has 0 saturated carbocycles. The maximum Gasteiger partial charge on any atom is 0.187 e. The largest absolute Gasteiger partial charge is 0.497 e. The summed E-state index contributed by atoms with van der Waals surface area (Å²) in [6.45, 7) is 77.6. The van der Waals surface area contributed by atoms with Gasteiger partial charge in [0.2, 0.25) is 0 Å². The van der Waals surface area contributed by atoms with Crippen LogP contribution < -0.4 is 14.2 Å². The minimum atomic E-state index is -0.0220. The van der Waals surface area contributed by atoms with Crippen LogP contribution in [0.3, 0.4) is 0 Å². The van der Waals surface area contributed by atoms with Gasteiger partial charge in [0.05, 0.1) is 116 Å². The van der Waals surface area contributed by atoms with Crippen molar-refractivity contribution >= 4 is 5.69 Å². The zero-order valence-electron chi connectivity index (χ0n) is 81.1. The number of aromatic nitrogens is 23. The van der Waals surface area contributed by atoms with Crippen LogP contribution in [-0.4, -0.2) is 141 Å². The van der Waals surface area contributed by atoms with Crippen molar-refractivity contribution in [2.45, 2.75) is 274 Å². The van der Waals surface area contributed by atoms with E-state index in [1.165, 1.54) is 5.56 Å². The first kappa shape index (κ1) is 114. The van der Waals surface area contributed by atoms with E-state index in [0.717, 1.165) is 158 Å². The van der Waals surface area contributed by atoms with E-state index in [1.54, 1.807) is 43.2 Å². The highest BCUT2D eigenvalue weighted by Crippen LogP contribution is 2.27. The van der Waals surface area contributed by atoms with Gasteiger partial charge < -0.3 is 23.9 Å². The lowest BCUT2D eigenvalue weighted by Crippen LogP contribution is -2.03. The summed E-state index contributed by atoms with van der Waals surface area (Å²) in [7, 11) is 6.93. The van der Waals surface area contributed by atoms with E-state index in [-0.39, 0.29) is 6.61 Å². The minimum absolute atomic E-state index is 0.0220. The predicted octanol–water partition coefficient (Wildman–Crippen LogP) is 21.9. The average molecular weight is 1680 g/mol. The summed E-state index contributed by atoms with van der Waals surface area (Å²) < 4.78 is 30.5. The van der Waals surface area contributed by atoms with E-state index >= 15 is 0 Å². The molecule has 8 heterocycles. The summed E-state index contributed by atoms with van der Waals surface area (Å²) >= 11 is 0. The summed E-state index contributed by atoms with van der Waals surface area (Å²) in [6, 6.07) is 39.4. The lowest BCUT2D eigenvalue weighted by Gasteiger charge is -2.05. The van der Waals surface area contributed by atoms with Crippen molar-refractivity contribution in [3.05, 3.63) is 213 Å². The smallest absolute Gasteiger partial charge is 0.187 e. The quantitative estimate of drug-likeness (QED) is 0.0694. The van der Waals surface area contributed by atoms with E-state index in [4.69, 9.17) is 25.9 Å². The van der Waals surface area contributed by atoms with Crippen LogP contribution in [0.15, 0.2) is 134 Å². The second-order valence-corrected chi connectivity index (χ2v) is 23.7. The Morgan fingerprint density at radius 2 is 0.738 bits per heavy atom. The molecule has 668 valence electrons. The topological polar surface area (TPSA) is 285 Å². The number of hydrogen-bond acceptors (Lipinski definition) is 19. The Balaban J connectivity index is -0.00000131. The number of nitrogens with zero attached hydrogens (tertiary/aromatic N) is 24. The number of benzene rings is 5. The maximum atomic E-state index is 8.71. The van der Waals surface area contributed by atoms with Crippen molar-refractivity contribution in [1.82, 2.24) is 115 Å². The molecule has 0 radical (unpaired) electrons. The van der Waals surface area contributed by atoms with Gasteiger partial charge in [-0.2, -0.15) is 0 Å². The van der Waals surface area contributed by atoms with Crippen LogP contribution >= 0.6 is 0 Å². The molecule has 13 aromatic rings. The van der Waals surface area contributed by atoms with Gasteiger partial charge in [-0.25, -0.2) is 42.6 Å². The monoisotopic (exact) mass is 1680 g/mol. The molecule has 0 aliphatic rings. The molecule has 28 heteroatoms. The van der Waals surface area contributed by atoms with E-state index in [2.05, 4.69) is 160 Å². The number of imidazole rings is 1. The molecule has 8 aromatic heterocycles. The molecule has 13 rings (SSSR count). The van der Waals surface area contributed by atoms with E-state index in [9.17, 15) is 0 Å². The summed E-state index contributed by atoms with van der Waals surface area (Å²) in [5.74, 6) is 7.85. The standard InChI is InChI=1S/C12H12N4.2C12H15N3O.C12H15N3.C11H13N3O.C9H13N5.C6H11N3O.C4H6.8C2H6/c1-9-10(2)16(15-14-9)8-11-4-6-12(13-3)7-5-11;2*1-4-15-9(2)12(13-14-15)10-6-5-7-11(8-10)16-3;1-4-15-10(3)12(13-14-15)11-7-5-6-9(2)8-11;1-8-9(2)14(13-12-8)10-5-4-6-11(7-10)15-3;1-4-14-7(2)9(11-12-14)8-5-10-6-13(8)3;1-3-9-5(2)6(4-10)7-8-9;1-3-4-2;8*1-2/h4-7H,8H2,1-2H3;2*5-8H,4H2,1-3H3;5-8H,4H2,1-3H3;4-7H,1-3H3;5-6H,4H2,1-3H3;10H,3-4H2,1-2H3;1-2H3;8*1-2H3. The minimum Gasteiger partial charge on any atom is -0.497 e. The Kier molecular flexibility index (Phi) is 63.0. The van der Waals surface area contributed by atoms with E-state index < -0.39 is 0 Å². The van der Waals surface area contributed by atoms with Crippen molar-refractivity contribution in [2.24, 2.45) is 7.05 Å². The molecular weight excluding hydrogens is 1530 g/mol. The Bertz CT molecular complexity index is 4830. The lowest BCUT2D eigenvalue weighted by atomic mass is 10.1. The molecule has 122 heavy (non-hydrogen) atoms. The molecule has 0 amide bonds. The molecule has 5 aromatic carbocycles. The Labute approximate surface area is 731 Å². The molecule has 0 unspecified atom stereocenters. The molecule has 0 saturated heterocycles. The third-order valence-electron chi connectivity index (χ3n) is 17.0. The summed E-state index contributed by atoms with van der Waals surface area (Å²) in [4.78, 5) is 7.42. The van der Waals surface area contributed by atoms with Gasteiger partial charge in [0.15, 0.2) is 5.69 Å². The zero-order valence-corrected chi connectivity index (χ0v) is 81.1. The number of ether oxygens (including phenoxy) is 3. The third kappa shape index (κ3) is 36.3. The molecule has 0 spiro atoms.